The Kier molecular flexibility index (Phi) is 4.31. The number of aliphatic hydroxyl groups is 1. The lowest BCUT2D eigenvalue weighted by Gasteiger charge is -2.31. The summed E-state index contributed by atoms with van der Waals surface area (Å²) in [5.41, 5.74) is 7.73. The monoisotopic (exact) mass is 250 g/mol. The van der Waals surface area contributed by atoms with Crippen molar-refractivity contribution in [1.29, 1.82) is 0 Å². The first kappa shape index (κ1) is 13.0. The van der Waals surface area contributed by atoms with Crippen LogP contribution in [0, 0.1) is 0 Å². The second kappa shape index (κ2) is 5.96. The molecule has 1 aliphatic heterocycles. The Bertz CT molecular complexity index is 387. The van der Waals surface area contributed by atoms with E-state index in [-0.39, 0.29) is 6.10 Å². The summed E-state index contributed by atoms with van der Waals surface area (Å²) in [5.74, 6) is 0.831. The van der Waals surface area contributed by atoms with Crippen molar-refractivity contribution in [1.82, 2.24) is 0 Å². The first-order valence-electron chi connectivity index (χ1n) is 6.65. The van der Waals surface area contributed by atoms with E-state index in [1.165, 1.54) is 0 Å². The van der Waals surface area contributed by atoms with Gasteiger partial charge < -0.3 is 20.5 Å². The summed E-state index contributed by atoms with van der Waals surface area (Å²) in [7, 11) is 0. The molecular formula is C14H22N2O2. The first-order chi connectivity index (χ1) is 8.69. The molecule has 4 nitrogen and oxygen atoms in total. The largest absolute Gasteiger partial charge is 0.493 e. The van der Waals surface area contributed by atoms with Crippen molar-refractivity contribution in [3.8, 4) is 5.75 Å². The zero-order valence-electron chi connectivity index (χ0n) is 10.9. The van der Waals surface area contributed by atoms with Crippen LogP contribution in [0.1, 0.15) is 26.2 Å². The second-order valence-electron chi connectivity index (χ2n) is 4.83. The smallest absolute Gasteiger partial charge is 0.123 e. The van der Waals surface area contributed by atoms with E-state index >= 15 is 0 Å². The third-order valence-corrected chi connectivity index (χ3v) is 3.22. The summed E-state index contributed by atoms with van der Waals surface area (Å²) in [4.78, 5) is 2.25. The summed E-state index contributed by atoms with van der Waals surface area (Å²) in [5, 5.41) is 9.52. The van der Waals surface area contributed by atoms with Crippen molar-refractivity contribution in [2.24, 2.45) is 0 Å². The molecule has 0 amide bonds. The van der Waals surface area contributed by atoms with Crippen molar-refractivity contribution in [3.05, 3.63) is 18.2 Å². The Balaban J connectivity index is 2.09. The van der Waals surface area contributed by atoms with Crippen molar-refractivity contribution < 1.29 is 9.84 Å². The van der Waals surface area contributed by atoms with Crippen LogP contribution in [-0.2, 0) is 0 Å². The molecule has 0 aliphatic carbocycles. The van der Waals surface area contributed by atoms with Crippen molar-refractivity contribution in [3.63, 3.8) is 0 Å². The van der Waals surface area contributed by atoms with Gasteiger partial charge in [-0.25, -0.2) is 0 Å². The van der Waals surface area contributed by atoms with E-state index in [1.807, 2.05) is 18.2 Å². The lowest BCUT2D eigenvalue weighted by atomic mass is 10.1. The zero-order valence-corrected chi connectivity index (χ0v) is 10.9. The van der Waals surface area contributed by atoms with Gasteiger partial charge >= 0.3 is 0 Å². The fraction of sp³-hybridized carbons (Fsp3) is 0.571. The van der Waals surface area contributed by atoms with Crippen molar-refractivity contribution in [2.45, 2.75) is 32.3 Å². The molecule has 1 saturated heterocycles. The fourth-order valence-corrected chi connectivity index (χ4v) is 2.22. The van der Waals surface area contributed by atoms with E-state index < -0.39 is 0 Å². The first-order valence-corrected chi connectivity index (χ1v) is 6.65. The molecule has 4 heteroatoms. The molecular weight excluding hydrogens is 228 g/mol. The minimum Gasteiger partial charge on any atom is -0.493 e. The summed E-state index contributed by atoms with van der Waals surface area (Å²) >= 11 is 0. The van der Waals surface area contributed by atoms with Crippen LogP contribution in [0.2, 0.25) is 0 Å². The number of ether oxygens (including phenoxy) is 1. The van der Waals surface area contributed by atoms with Crippen LogP contribution in [0.25, 0.3) is 0 Å². The number of aliphatic hydroxyl groups excluding tert-OH is 1. The number of hydrogen-bond donors (Lipinski definition) is 2. The Hall–Kier alpha value is -1.42. The van der Waals surface area contributed by atoms with Crippen LogP contribution in [0.3, 0.4) is 0 Å². The molecule has 0 unspecified atom stereocenters. The van der Waals surface area contributed by atoms with Crippen LogP contribution in [-0.4, -0.2) is 30.9 Å². The van der Waals surface area contributed by atoms with Gasteiger partial charge in [-0.05, 0) is 25.3 Å². The third-order valence-electron chi connectivity index (χ3n) is 3.22. The fourth-order valence-electron chi connectivity index (χ4n) is 2.22. The average molecular weight is 250 g/mol. The maximum absolute atomic E-state index is 9.52. The predicted molar refractivity (Wildman–Crippen MR) is 74.1 cm³/mol. The highest BCUT2D eigenvalue weighted by Crippen LogP contribution is 2.27. The summed E-state index contributed by atoms with van der Waals surface area (Å²) in [6.45, 7) is 4.54. The lowest BCUT2D eigenvalue weighted by Crippen LogP contribution is -2.35. The molecule has 0 saturated carbocycles. The Morgan fingerprint density at radius 2 is 2.06 bits per heavy atom. The van der Waals surface area contributed by atoms with E-state index in [2.05, 4.69) is 11.8 Å². The molecule has 0 atom stereocenters. The van der Waals surface area contributed by atoms with Crippen LogP contribution < -0.4 is 15.4 Å². The van der Waals surface area contributed by atoms with E-state index in [4.69, 9.17) is 10.5 Å². The van der Waals surface area contributed by atoms with Gasteiger partial charge in [-0.3, -0.25) is 0 Å². The highest BCUT2D eigenvalue weighted by atomic mass is 16.5. The molecule has 2 rings (SSSR count). The predicted octanol–water partition coefficient (Wildman–Crippen LogP) is 2.02. The second-order valence-corrected chi connectivity index (χ2v) is 4.83. The molecule has 0 spiro atoms. The Morgan fingerprint density at radius 1 is 1.33 bits per heavy atom. The molecule has 1 aliphatic rings. The SMILES string of the molecule is CCCOc1cc(N)cc(N2CCC(O)CC2)c1. The maximum atomic E-state index is 9.52. The summed E-state index contributed by atoms with van der Waals surface area (Å²) < 4.78 is 5.63. The van der Waals surface area contributed by atoms with E-state index in [1.54, 1.807) is 0 Å². The van der Waals surface area contributed by atoms with Gasteiger partial charge in [0.1, 0.15) is 5.75 Å². The number of nitrogens with two attached hydrogens (primary N) is 1. The summed E-state index contributed by atoms with van der Waals surface area (Å²) in [6, 6.07) is 5.86. The number of nitrogens with zero attached hydrogens (tertiary/aromatic N) is 1. The standard InChI is InChI=1S/C14H22N2O2/c1-2-7-18-14-9-11(15)8-12(10-14)16-5-3-13(17)4-6-16/h8-10,13,17H,2-7,15H2,1H3. The molecule has 18 heavy (non-hydrogen) atoms. The normalized spacial score (nSPS) is 16.9. The van der Waals surface area contributed by atoms with Gasteiger partial charge in [0.25, 0.3) is 0 Å². The molecule has 1 aromatic rings. The van der Waals surface area contributed by atoms with Crippen LogP contribution in [0.5, 0.6) is 5.75 Å². The highest BCUT2D eigenvalue weighted by molar-refractivity contribution is 5.60. The number of nitrogen functional groups attached to an aromatic ring is 1. The zero-order chi connectivity index (χ0) is 13.0. The summed E-state index contributed by atoms with van der Waals surface area (Å²) in [6.07, 6.45) is 2.47. The number of rotatable bonds is 4. The number of benzene rings is 1. The quantitative estimate of drug-likeness (QED) is 0.803. The molecule has 3 N–H and O–H groups in total. The Labute approximate surface area is 108 Å². The van der Waals surface area contributed by atoms with Gasteiger partial charge in [-0.15, -0.1) is 0 Å². The Morgan fingerprint density at radius 3 is 2.72 bits per heavy atom. The number of piperidine rings is 1. The molecule has 1 aromatic carbocycles. The van der Waals surface area contributed by atoms with Gasteiger partial charge in [-0.1, -0.05) is 6.92 Å². The number of anilines is 2. The van der Waals surface area contributed by atoms with E-state index in [0.717, 1.165) is 49.5 Å². The molecule has 0 radical (unpaired) electrons. The van der Waals surface area contributed by atoms with E-state index in [9.17, 15) is 5.11 Å². The van der Waals surface area contributed by atoms with E-state index in [0.29, 0.717) is 6.61 Å². The van der Waals surface area contributed by atoms with Gasteiger partial charge in [0.15, 0.2) is 0 Å². The molecule has 1 fully saturated rings. The lowest BCUT2D eigenvalue weighted by molar-refractivity contribution is 0.145. The third kappa shape index (κ3) is 3.29. The van der Waals surface area contributed by atoms with Crippen molar-refractivity contribution in [2.75, 3.05) is 30.3 Å². The topological polar surface area (TPSA) is 58.7 Å². The van der Waals surface area contributed by atoms with Gasteiger partial charge in [0, 0.05) is 36.6 Å². The van der Waals surface area contributed by atoms with Gasteiger partial charge in [0.05, 0.1) is 12.7 Å². The molecule has 100 valence electrons. The van der Waals surface area contributed by atoms with Crippen LogP contribution in [0.4, 0.5) is 11.4 Å². The van der Waals surface area contributed by atoms with Crippen LogP contribution in [0.15, 0.2) is 18.2 Å². The maximum Gasteiger partial charge on any atom is 0.123 e. The molecule has 0 bridgehead atoms. The minimum atomic E-state index is -0.155. The van der Waals surface area contributed by atoms with Crippen LogP contribution >= 0.6 is 0 Å². The number of hydrogen-bond acceptors (Lipinski definition) is 4. The highest BCUT2D eigenvalue weighted by Gasteiger charge is 2.17. The average Bonchev–Trinajstić information content (AvgIpc) is 2.36. The van der Waals surface area contributed by atoms with Gasteiger partial charge in [-0.2, -0.15) is 0 Å². The molecule has 0 aromatic heterocycles. The van der Waals surface area contributed by atoms with Crippen molar-refractivity contribution >= 4 is 11.4 Å². The van der Waals surface area contributed by atoms with Gasteiger partial charge in [0.2, 0.25) is 0 Å². The molecule has 1 heterocycles. The minimum absolute atomic E-state index is 0.155.